The Morgan fingerprint density at radius 3 is 0.621 bits per heavy atom. The first-order chi connectivity index (χ1) is 28.7. The lowest BCUT2D eigenvalue weighted by Crippen LogP contribution is -2.59. The molecule has 0 aliphatic carbocycles. The Hall–Kier alpha value is -7.56. The number of hydrogen-bond donors (Lipinski definition) is 0. The summed E-state index contributed by atoms with van der Waals surface area (Å²) in [5.74, 6) is 4.83. The van der Waals surface area contributed by atoms with Crippen molar-refractivity contribution in [1.82, 2.24) is 0 Å². The second kappa shape index (κ2) is 13.0. The summed E-state index contributed by atoms with van der Waals surface area (Å²) in [6, 6.07) is 70.7. The maximum Gasteiger partial charge on any atom is 0.270 e. The smallest absolute Gasteiger partial charge is 0.270 e. The third kappa shape index (κ3) is 5.37. The Labute approximate surface area is 337 Å². The van der Waals surface area contributed by atoms with Gasteiger partial charge in [0.05, 0.1) is 0 Å². The lowest BCUT2D eigenvalue weighted by Gasteiger charge is -2.38. The fourth-order valence-corrected chi connectivity index (χ4v) is 8.91. The standard InChI is InChI=1S/C54H33BO3/c1-4-10-34(11-5-1)37-16-22-40(23-17-37)43-28-46-52-47(29-43)57-49-31-45(42-26-20-39(21-27-42)36-14-8-3-9-15-36)33-51-54(49)55(52)53-48(56-46)30-44(32-50(53)58-51)41-24-18-38(19-25-41)35-12-6-2-7-13-35/h1-33H. The van der Waals surface area contributed by atoms with Crippen LogP contribution in [0, 0.1) is 0 Å². The fourth-order valence-electron chi connectivity index (χ4n) is 8.91. The van der Waals surface area contributed by atoms with Crippen LogP contribution in [0.5, 0.6) is 34.5 Å². The Balaban J connectivity index is 0.995. The molecule has 0 atom stereocenters. The van der Waals surface area contributed by atoms with Crippen LogP contribution in [-0.2, 0) is 0 Å². The third-order valence-electron chi connectivity index (χ3n) is 11.8. The molecule has 0 fully saturated rings. The number of hydrogen-bond acceptors (Lipinski definition) is 3. The third-order valence-corrected chi connectivity index (χ3v) is 11.8. The van der Waals surface area contributed by atoms with Gasteiger partial charge in [-0.1, -0.05) is 164 Å². The van der Waals surface area contributed by atoms with E-state index < -0.39 is 0 Å². The van der Waals surface area contributed by atoms with Gasteiger partial charge < -0.3 is 14.2 Å². The first-order valence-electron chi connectivity index (χ1n) is 19.8. The Kier molecular flexibility index (Phi) is 7.33. The topological polar surface area (TPSA) is 27.7 Å². The minimum Gasteiger partial charge on any atom is -0.458 e. The molecule has 3 heterocycles. The van der Waals surface area contributed by atoms with Crippen LogP contribution in [0.15, 0.2) is 200 Å². The molecule has 0 spiro atoms. The van der Waals surface area contributed by atoms with Crippen molar-refractivity contribution >= 4 is 23.1 Å². The van der Waals surface area contributed by atoms with Gasteiger partial charge in [-0.2, -0.15) is 0 Å². The van der Waals surface area contributed by atoms with Crippen LogP contribution in [0.2, 0.25) is 0 Å². The molecule has 12 rings (SSSR count). The molecule has 3 aliphatic heterocycles. The van der Waals surface area contributed by atoms with Gasteiger partial charge in [-0.15, -0.1) is 0 Å². The molecule has 0 unspecified atom stereocenters. The van der Waals surface area contributed by atoms with E-state index in [4.69, 9.17) is 14.2 Å². The minimum atomic E-state index is -0.102. The molecule has 270 valence electrons. The summed E-state index contributed by atoms with van der Waals surface area (Å²) in [4.78, 5) is 0. The lowest BCUT2D eigenvalue weighted by molar-refractivity contribution is 0.443. The zero-order chi connectivity index (χ0) is 38.2. The highest BCUT2D eigenvalue weighted by Gasteiger charge is 2.47. The van der Waals surface area contributed by atoms with E-state index in [1.54, 1.807) is 0 Å². The van der Waals surface area contributed by atoms with Crippen molar-refractivity contribution in [3.05, 3.63) is 200 Å². The lowest BCUT2D eigenvalue weighted by atomic mass is 9.33. The predicted molar refractivity (Wildman–Crippen MR) is 237 cm³/mol. The number of rotatable bonds is 6. The molecule has 0 saturated carbocycles. The van der Waals surface area contributed by atoms with E-state index in [1.165, 1.54) is 33.4 Å². The van der Waals surface area contributed by atoms with Crippen molar-refractivity contribution in [1.29, 1.82) is 0 Å². The summed E-state index contributed by atoms with van der Waals surface area (Å²) in [7, 11) is 0. The van der Waals surface area contributed by atoms with Crippen molar-refractivity contribution < 1.29 is 14.2 Å². The molecule has 0 bridgehead atoms. The largest absolute Gasteiger partial charge is 0.458 e. The highest BCUT2D eigenvalue weighted by Crippen LogP contribution is 2.46. The molecule has 58 heavy (non-hydrogen) atoms. The fraction of sp³-hybridized carbons (Fsp3) is 0. The monoisotopic (exact) mass is 740 g/mol. The van der Waals surface area contributed by atoms with E-state index in [2.05, 4.69) is 182 Å². The number of benzene rings is 9. The predicted octanol–water partition coefficient (Wildman–Crippen LogP) is 12.5. The van der Waals surface area contributed by atoms with Crippen molar-refractivity contribution in [2.45, 2.75) is 0 Å². The Morgan fingerprint density at radius 2 is 0.397 bits per heavy atom. The molecular formula is C54H33BO3. The highest BCUT2D eigenvalue weighted by atomic mass is 16.5. The summed E-state index contributed by atoms with van der Waals surface area (Å²) in [6.07, 6.45) is 0. The maximum atomic E-state index is 6.94. The summed E-state index contributed by atoms with van der Waals surface area (Å²) in [5.41, 5.74) is 16.6. The van der Waals surface area contributed by atoms with Crippen LogP contribution in [0.1, 0.15) is 0 Å². The number of ether oxygens (including phenoxy) is 3. The molecule has 0 amide bonds. The van der Waals surface area contributed by atoms with Gasteiger partial charge in [-0.05, 0) is 103 Å². The summed E-state index contributed by atoms with van der Waals surface area (Å²) >= 11 is 0. The molecule has 0 saturated heterocycles. The van der Waals surface area contributed by atoms with Gasteiger partial charge in [0.1, 0.15) is 34.5 Å². The van der Waals surface area contributed by atoms with Crippen LogP contribution in [0.4, 0.5) is 0 Å². The van der Waals surface area contributed by atoms with Crippen LogP contribution in [0.3, 0.4) is 0 Å². The van der Waals surface area contributed by atoms with E-state index in [9.17, 15) is 0 Å². The second-order valence-corrected chi connectivity index (χ2v) is 15.2. The SMILES string of the molecule is c1ccc(-c2ccc(-c3cc4c5c(c3)Oc3cc(-c6ccc(-c7ccccc7)cc6)cc6c3B5c3c(cc(-c5ccc(-c7ccccc7)cc5)cc3O6)O4)cc2)cc1. The molecule has 0 radical (unpaired) electrons. The molecule has 0 aromatic heterocycles. The second-order valence-electron chi connectivity index (χ2n) is 15.2. The maximum absolute atomic E-state index is 6.94. The van der Waals surface area contributed by atoms with Crippen molar-refractivity contribution in [3.63, 3.8) is 0 Å². The first kappa shape index (κ1) is 32.7. The minimum absolute atomic E-state index is 0.102. The normalized spacial score (nSPS) is 12.5. The molecule has 3 aliphatic rings. The Bertz CT molecular complexity index is 2630. The highest BCUT2D eigenvalue weighted by molar-refractivity contribution is 6.99. The van der Waals surface area contributed by atoms with E-state index in [0.717, 1.165) is 84.3 Å². The van der Waals surface area contributed by atoms with Gasteiger partial charge in [0, 0.05) is 16.4 Å². The quantitative estimate of drug-likeness (QED) is 0.159. The van der Waals surface area contributed by atoms with Gasteiger partial charge >= 0.3 is 0 Å². The zero-order valence-corrected chi connectivity index (χ0v) is 31.4. The van der Waals surface area contributed by atoms with Crippen LogP contribution >= 0.6 is 0 Å². The van der Waals surface area contributed by atoms with Gasteiger partial charge in [0.2, 0.25) is 0 Å². The molecule has 4 heteroatoms. The van der Waals surface area contributed by atoms with E-state index in [1.807, 2.05) is 18.2 Å². The zero-order valence-electron chi connectivity index (χ0n) is 31.4. The van der Waals surface area contributed by atoms with E-state index >= 15 is 0 Å². The van der Waals surface area contributed by atoms with Gasteiger partial charge in [0.25, 0.3) is 6.71 Å². The summed E-state index contributed by atoms with van der Waals surface area (Å²) in [6.45, 7) is -0.102. The van der Waals surface area contributed by atoms with Crippen LogP contribution in [-0.4, -0.2) is 6.71 Å². The van der Waals surface area contributed by atoms with E-state index in [0.29, 0.717) is 0 Å². The Morgan fingerprint density at radius 1 is 0.207 bits per heavy atom. The van der Waals surface area contributed by atoms with Crippen molar-refractivity contribution in [2.75, 3.05) is 0 Å². The summed E-state index contributed by atoms with van der Waals surface area (Å²) < 4.78 is 20.8. The summed E-state index contributed by atoms with van der Waals surface area (Å²) in [5, 5.41) is 0. The molecule has 3 nitrogen and oxygen atoms in total. The van der Waals surface area contributed by atoms with E-state index in [-0.39, 0.29) is 6.71 Å². The van der Waals surface area contributed by atoms with Gasteiger partial charge in [0.15, 0.2) is 0 Å². The van der Waals surface area contributed by atoms with Crippen molar-refractivity contribution in [2.24, 2.45) is 0 Å². The molecule has 9 aromatic carbocycles. The first-order valence-corrected chi connectivity index (χ1v) is 19.8. The van der Waals surface area contributed by atoms with Gasteiger partial charge in [-0.3, -0.25) is 0 Å². The average Bonchev–Trinajstić information content (AvgIpc) is 3.29. The van der Waals surface area contributed by atoms with Crippen LogP contribution < -0.4 is 30.6 Å². The van der Waals surface area contributed by atoms with Gasteiger partial charge in [-0.25, -0.2) is 0 Å². The average molecular weight is 741 g/mol. The molecular weight excluding hydrogens is 707 g/mol. The molecule has 9 aromatic rings. The molecule has 0 N–H and O–H groups in total. The van der Waals surface area contributed by atoms with Crippen molar-refractivity contribution in [3.8, 4) is 101 Å². The van der Waals surface area contributed by atoms with Crippen LogP contribution in [0.25, 0.3) is 66.8 Å².